The van der Waals surface area contributed by atoms with Crippen LogP contribution in [0.2, 0.25) is 0 Å². The Morgan fingerprint density at radius 3 is 2.11 bits per heavy atom. The van der Waals surface area contributed by atoms with Crippen LogP contribution in [0.4, 0.5) is 13.2 Å². The summed E-state index contributed by atoms with van der Waals surface area (Å²) in [7, 11) is 0. The highest BCUT2D eigenvalue weighted by Crippen LogP contribution is 2.65. The number of hydrogen-bond acceptors (Lipinski definition) is 8. The summed E-state index contributed by atoms with van der Waals surface area (Å²) in [5.41, 5.74) is -4.90. The lowest BCUT2D eigenvalue weighted by Gasteiger charge is -2.59. The van der Waals surface area contributed by atoms with Crippen molar-refractivity contribution in [3.05, 3.63) is 69.7 Å². The third-order valence-corrected chi connectivity index (χ3v) is 10.1. The number of aliphatic hydroxyl groups is 3. The van der Waals surface area contributed by atoms with Gasteiger partial charge in [-0.2, -0.15) is 0 Å². The van der Waals surface area contributed by atoms with Gasteiger partial charge in [0.05, 0.1) is 5.56 Å². The lowest BCUT2D eigenvalue weighted by atomic mass is 9.44. The molecule has 1 unspecified atom stereocenters. The molecule has 0 aromatic heterocycles. The van der Waals surface area contributed by atoms with Crippen LogP contribution in [0, 0.1) is 22.7 Å². The maximum absolute atomic E-state index is 14.5. The van der Waals surface area contributed by atoms with Gasteiger partial charge in [-0.1, -0.05) is 53.7 Å². The molecular formula is C35H37F3O8. The third-order valence-electron chi connectivity index (χ3n) is 10.1. The summed E-state index contributed by atoms with van der Waals surface area (Å²) < 4.78 is 42.1. The maximum atomic E-state index is 14.5. The summed E-state index contributed by atoms with van der Waals surface area (Å²) in [5, 5.41) is 47.0. The molecule has 0 aliphatic heterocycles. The predicted molar refractivity (Wildman–Crippen MR) is 161 cm³/mol. The minimum atomic E-state index is -4.90. The molecule has 4 atom stereocenters. The topological polar surface area (TPSA) is 141 Å². The van der Waals surface area contributed by atoms with Gasteiger partial charge in [-0.25, -0.2) is 0 Å². The number of aromatic hydroxyl groups is 1. The standard InChI is InChI=1S/C35H37F3O8/c1-15(2)20-12-21(18-8-10-19(11-9-18)46-35(36,37)38)27(40)24-22(20)13-32(6)14-33(7)25(16(3)4)28(41)23(17(5)39)30(43)34(33,45)31(44)26(32)29(24)42/h8-12,15-16,25,40-41,44-45H,13-14H2,1-7H3/t25?,32-,33-,34+/m1/s1. The second kappa shape index (κ2) is 10.4. The molecule has 0 heterocycles. The van der Waals surface area contributed by atoms with Gasteiger partial charge in [0.25, 0.3) is 0 Å². The normalized spacial score (nSPS) is 28.0. The van der Waals surface area contributed by atoms with E-state index in [2.05, 4.69) is 4.74 Å². The second-order valence-electron chi connectivity index (χ2n) is 13.9. The molecule has 5 rings (SSSR count). The van der Waals surface area contributed by atoms with Crippen LogP contribution in [0.3, 0.4) is 0 Å². The van der Waals surface area contributed by atoms with Crippen LogP contribution >= 0.6 is 0 Å². The number of phenolic OH excluding ortho intramolecular Hbond substituents is 1. The molecule has 0 radical (unpaired) electrons. The Balaban J connectivity index is 1.76. The lowest BCUT2D eigenvalue weighted by Crippen LogP contribution is -2.67. The van der Waals surface area contributed by atoms with E-state index in [4.69, 9.17) is 0 Å². The van der Waals surface area contributed by atoms with E-state index in [1.165, 1.54) is 12.1 Å². The number of alkyl halides is 3. The van der Waals surface area contributed by atoms with E-state index in [9.17, 15) is 48.0 Å². The lowest BCUT2D eigenvalue weighted by molar-refractivity contribution is -0.274. The van der Waals surface area contributed by atoms with Crippen molar-refractivity contribution in [1.29, 1.82) is 0 Å². The monoisotopic (exact) mass is 642 g/mol. The molecule has 0 saturated carbocycles. The van der Waals surface area contributed by atoms with Crippen molar-refractivity contribution in [2.45, 2.75) is 79.2 Å². The van der Waals surface area contributed by atoms with Crippen LogP contribution in [0.5, 0.6) is 11.5 Å². The summed E-state index contributed by atoms with van der Waals surface area (Å²) in [6.07, 6.45) is -4.82. The molecule has 0 amide bonds. The van der Waals surface area contributed by atoms with E-state index in [0.29, 0.717) is 16.7 Å². The zero-order chi connectivity index (χ0) is 34.5. The number of aliphatic hydroxyl groups excluding tert-OH is 2. The quantitative estimate of drug-likeness (QED) is 0.255. The Hall–Kier alpha value is -4.12. The molecule has 2 aromatic carbocycles. The number of halogens is 3. The number of hydrogen-bond donors (Lipinski definition) is 4. The van der Waals surface area contributed by atoms with E-state index in [0.717, 1.165) is 19.1 Å². The minimum Gasteiger partial charge on any atom is -0.511 e. The number of benzene rings is 2. The predicted octanol–water partition coefficient (Wildman–Crippen LogP) is 7.04. The first-order chi connectivity index (χ1) is 21.1. The van der Waals surface area contributed by atoms with E-state index in [1.54, 1.807) is 33.8 Å². The molecular weight excluding hydrogens is 605 g/mol. The zero-order valence-corrected chi connectivity index (χ0v) is 26.6. The highest BCUT2D eigenvalue weighted by atomic mass is 19.4. The molecule has 246 valence electrons. The first-order valence-electron chi connectivity index (χ1n) is 15.1. The molecule has 46 heavy (non-hydrogen) atoms. The molecule has 2 aromatic rings. The van der Waals surface area contributed by atoms with Gasteiger partial charge >= 0.3 is 6.36 Å². The fourth-order valence-corrected chi connectivity index (χ4v) is 8.40. The van der Waals surface area contributed by atoms with Gasteiger partial charge < -0.3 is 25.2 Å². The first kappa shape index (κ1) is 33.2. The molecule has 0 fully saturated rings. The Labute approximate surface area is 264 Å². The van der Waals surface area contributed by atoms with Gasteiger partial charge in [0.1, 0.15) is 28.6 Å². The summed E-state index contributed by atoms with van der Waals surface area (Å²) in [6.45, 7) is 11.7. The molecule has 3 aliphatic rings. The third kappa shape index (κ3) is 4.57. The number of rotatable bonds is 5. The SMILES string of the molecule is CC(=O)C1=C(O)C(C(C)C)[C@@]2(C)C[C@@]3(C)Cc4c(C(C)C)cc(-c5ccc(OC(F)(F)F)cc5)c(O)c4C(=O)C3=C(O)[C@@]2(O)C1=O. The van der Waals surface area contributed by atoms with Gasteiger partial charge in [0, 0.05) is 27.9 Å². The molecule has 11 heteroatoms. The molecule has 8 nitrogen and oxygen atoms in total. The van der Waals surface area contributed by atoms with Gasteiger partial charge in [0.15, 0.2) is 17.2 Å². The number of carbonyl (C=O) groups excluding carboxylic acids is 3. The molecule has 0 saturated heterocycles. The average Bonchev–Trinajstić information content (AvgIpc) is 2.90. The number of ketones is 3. The van der Waals surface area contributed by atoms with Crippen LogP contribution < -0.4 is 4.74 Å². The van der Waals surface area contributed by atoms with Crippen LogP contribution in [-0.2, 0) is 16.0 Å². The zero-order valence-electron chi connectivity index (χ0n) is 26.6. The van der Waals surface area contributed by atoms with Crippen LogP contribution in [-0.4, -0.2) is 49.7 Å². The Morgan fingerprint density at radius 1 is 1.02 bits per heavy atom. The van der Waals surface area contributed by atoms with Crippen molar-refractivity contribution in [3.8, 4) is 22.6 Å². The summed E-state index contributed by atoms with van der Waals surface area (Å²) >= 11 is 0. The fraction of sp³-hybridized carbons (Fsp3) is 0.457. The van der Waals surface area contributed by atoms with Crippen molar-refractivity contribution in [2.75, 3.05) is 0 Å². The highest BCUT2D eigenvalue weighted by Gasteiger charge is 2.71. The number of allylic oxidation sites excluding steroid dienone is 2. The highest BCUT2D eigenvalue weighted by molar-refractivity contribution is 6.25. The average molecular weight is 643 g/mol. The van der Waals surface area contributed by atoms with Crippen LogP contribution in [0.15, 0.2) is 53.0 Å². The van der Waals surface area contributed by atoms with E-state index >= 15 is 0 Å². The number of carbonyl (C=O) groups is 3. The fourth-order valence-electron chi connectivity index (χ4n) is 8.40. The maximum Gasteiger partial charge on any atom is 0.573 e. The second-order valence-corrected chi connectivity index (χ2v) is 13.9. The number of fused-ring (bicyclic) bond motifs is 3. The van der Waals surface area contributed by atoms with Gasteiger partial charge in [-0.05, 0) is 66.5 Å². The van der Waals surface area contributed by atoms with Crippen molar-refractivity contribution in [1.82, 2.24) is 0 Å². The number of ether oxygens (including phenoxy) is 1. The summed E-state index contributed by atoms with van der Waals surface area (Å²) in [6, 6.07) is 6.46. The Bertz CT molecular complexity index is 1750. The molecule has 0 spiro atoms. The molecule has 4 N–H and O–H groups in total. The number of phenols is 1. The van der Waals surface area contributed by atoms with Crippen molar-refractivity contribution in [2.24, 2.45) is 22.7 Å². The van der Waals surface area contributed by atoms with E-state index in [1.807, 2.05) is 13.8 Å². The summed E-state index contributed by atoms with van der Waals surface area (Å²) in [4.78, 5) is 41.0. The van der Waals surface area contributed by atoms with E-state index in [-0.39, 0.29) is 35.5 Å². The molecule has 0 bridgehead atoms. The van der Waals surface area contributed by atoms with E-state index < -0.39 is 80.6 Å². The van der Waals surface area contributed by atoms with Gasteiger partial charge in [-0.3, -0.25) is 14.4 Å². The van der Waals surface area contributed by atoms with Crippen molar-refractivity contribution in [3.63, 3.8) is 0 Å². The first-order valence-corrected chi connectivity index (χ1v) is 15.1. The Morgan fingerprint density at radius 2 is 1.61 bits per heavy atom. The van der Waals surface area contributed by atoms with Gasteiger partial charge in [-0.15, -0.1) is 13.2 Å². The Kier molecular flexibility index (Phi) is 7.55. The van der Waals surface area contributed by atoms with Crippen molar-refractivity contribution >= 4 is 17.3 Å². The summed E-state index contributed by atoms with van der Waals surface area (Å²) in [5.74, 6) is -6.68. The minimum absolute atomic E-state index is 0.0361. The van der Waals surface area contributed by atoms with Gasteiger partial charge in [0.2, 0.25) is 5.78 Å². The van der Waals surface area contributed by atoms with Crippen LogP contribution in [0.1, 0.15) is 82.3 Å². The smallest absolute Gasteiger partial charge is 0.511 e. The molecule has 3 aliphatic carbocycles. The largest absolute Gasteiger partial charge is 0.573 e. The van der Waals surface area contributed by atoms with Crippen LogP contribution in [0.25, 0.3) is 11.1 Å². The van der Waals surface area contributed by atoms with Crippen molar-refractivity contribution < 1.29 is 52.7 Å². The number of Topliss-reactive ketones (excluding diaryl/α,β-unsaturated/α-hetero) is 3.